The van der Waals surface area contributed by atoms with Gasteiger partial charge in [0.1, 0.15) is 5.67 Å². The fourth-order valence-corrected chi connectivity index (χ4v) is 2.14. The van der Waals surface area contributed by atoms with Crippen LogP contribution in [0.5, 0.6) is 0 Å². The lowest BCUT2D eigenvalue weighted by Crippen LogP contribution is -2.47. The van der Waals surface area contributed by atoms with Crippen LogP contribution in [-0.4, -0.2) is 10.5 Å². The van der Waals surface area contributed by atoms with Crippen molar-refractivity contribution in [3.63, 3.8) is 0 Å². The molecule has 0 amide bonds. The van der Waals surface area contributed by atoms with Gasteiger partial charge in [0.15, 0.2) is 0 Å². The lowest BCUT2D eigenvalue weighted by Gasteiger charge is -2.42. The van der Waals surface area contributed by atoms with Crippen LogP contribution in [0.2, 0.25) is 0 Å². The van der Waals surface area contributed by atoms with Crippen LogP contribution in [0, 0.1) is 5.92 Å². The van der Waals surface area contributed by atoms with Crippen molar-refractivity contribution in [2.75, 3.05) is 0 Å². The minimum atomic E-state index is -0.895. The maximum atomic E-state index is 12.8. The summed E-state index contributed by atoms with van der Waals surface area (Å²) in [7, 11) is 0. The molecule has 0 aromatic rings. The zero-order chi connectivity index (χ0) is 6.36. The van der Waals surface area contributed by atoms with Crippen molar-refractivity contribution in [3.8, 4) is 0 Å². The van der Waals surface area contributed by atoms with Gasteiger partial charge < -0.3 is 0 Å². The predicted octanol–water partition coefficient (Wildman–Crippen LogP) is 2.52. The molecule has 3 atom stereocenters. The monoisotopic (exact) mass is 180 g/mol. The van der Waals surface area contributed by atoms with Gasteiger partial charge in [-0.3, -0.25) is 0 Å². The Morgan fingerprint density at radius 3 is 2.25 bits per heavy atom. The van der Waals surface area contributed by atoms with Crippen LogP contribution in [0.3, 0.4) is 0 Å². The normalized spacial score (nSPS) is 55.5. The highest BCUT2D eigenvalue weighted by atomic mass is 79.9. The Morgan fingerprint density at radius 2 is 2.25 bits per heavy atom. The van der Waals surface area contributed by atoms with E-state index in [4.69, 9.17) is 0 Å². The topological polar surface area (TPSA) is 0 Å². The largest absolute Gasteiger partial charge is 0.244 e. The molecule has 0 radical (unpaired) electrons. The Bertz CT molecular complexity index is 101. The first kappa shape index (κ1) is 6.53. The van der Waals surface area contributed by atoms with Gasteiger partial charge in [-0.25, -0.2) is 4.39 Å². The third-order valence-corrected chi connectivity index (χ3v) is 3.20. The van der Waals surface area contributed by atoms with Gasteiger partial charge in [0.25, 0.3) is 0 Å². The Labute approximate surface area is 57.6 Å². The molecule has 3 unspecified atom stereocenters. The lowest BCUT2D eigenvalue weighted by atomic mass is 9.73. The molecule has 0 bridgehead atoms. The van der Waals surface area contributed by atoms with Crippen LogP contribution in [0.4, 0.5) is 4.39 Å². The summed E-state index contributed by atoms with van der Waals surface area (Å²) in [6.45, 7) is 3.60. The molecule has 0 aromatic heterocycles. The van der Waals surface area contributed by atoms with Crippen molar-refractivity contribution >= 4 is 15.9 Å². The minimum absolute atomic E-state index is 0.197. The Hall–Kier alpha value is 0.410. The Morgan fingerprint density at radius 1 is 1.75 bits per heavy atom. The maximum Gasteiger partial charge on any atom is 0.113 e. The fourth-order valence-electron chi connectivity index (χ4n) is 0.961. The Balaban J connectivity index is 2.47. The first-order valence-corrected chi connectivity index (χ1v) is 3.78. The van der Waals surface area contributed by atoms with Gasteiger partial charge in [0.2, 0.25) is 0 Å². The first-order valence-electron chi connectivity index (χ1n) is 2.87. The second kappa shape index (κ2) is 1.69. The first-order chi connectivity index (χ1) is 3.54. The van der Waals surface area contributed by atoms with E-state index in [1.54, 1.807) is 6.92 Å². The van der Waals surface area contributed by atoms with Crippen LogP contribution in [0.1, 0.15) is 20.3 Å². The summed E-state index contributed by atoms with van der Waals surface area (Å²) >= 11 is 3.36. The summed E-state index contributed by atoms with van der Waals surface area (Å²) in [6, 6.07) is 0. The second-order valence-electron chi connectivity index (χ2n) is 2.79. The molecule has 48 valence electrons. The molecule has 1 rings (SSSR count). The molecule has 1 saturated carbocycles. The molecule has 0 spiro atoms. The summed E-state index contributed by atoms with van der Waals surface area (Å²) in [5, 5.41) is 0. The summed E-state index contributed by atoms with van der Waals surface area (Å²) in [5.74, 6) is 0.197. The molecular weight excluding hydrogens is 171 g/mol. The van der Waals surface area contributed by atoms with Crippen molar-refractivity contribution in [3.05, 3.63) is 0 Å². The molecule has 0 heterocycles. The smallest absolute Gasteiger partial charge is 0.113 e. The maximum absolute atomic E-state index is 12.8. The van der Waals surface area contributed by atoms with E-state index in [1.807, 2.05) is 6.92 Å². The predicted molar refractivity (Wildman–Crippen MR) is 36.0 cm³/mol. The van der Waals surface area contributed by atoms with Gasteiger partial charge in [-0.05, 0) is 13.3 Å². The molecule has 1 aliphatic carbocycles. The lowest BCUT2D eigenvalue weighted by molar-refractivity contribution is 0.0250. The SMILES string of the molecule is CC1C(Br)CC1(C)F. The third-order valence-electron chi connectivity index (χ3n) is 2.09. The quantitative estimate of drug-likeness (QED) is 0.503. The van der Waals surface area contributed by atoms with Crippen molar-refractivity contribution in [2.24, 2.45) is 5.92 Å². The van der Waals surface area contributed by atoms with E-state index in [0.717, 1.165) is 0 Å². The van der Waals surface area contributed by atoms with Crippen LogP contribution in [-0.2, 0) is 0 Å². The van der Waals surface area contributed by atoms with Gasteiger partial charge in [0.05, 0.1) is 0 Å². The number of alkyl halides is 2. The molecular formula is C6H10BrF. The van der Waals surface area contributed by atoms with Crippen molar-refractivity contribution in [2.45, 2.75) is 30.8 Å². The van der Waals surface area contributed by atoms with Crippen molar-refractivity contribution < 1.29 is 4.39 Å². The molecule has 0 aromatic carbocycles. The van der Waals surface area contributed by atoms with Gasteiger partial charge >= 0.3 is 0 Å². The molecule has 8 heavy (non-hydrogen) atoms. The number of halogens is 2. The average Bonchev–Trinajstić information content (AvgIpc) is 1.65. The van der Waals surface area contributed by atoms with Crippen LogP contribution < -0.4 is 0 Å². The van der Waals surface area contributed by atoms with E-state index in [-0.39, 0.29) is 5.92 Å². The van der Waals surface area contributed by atoms with Crippen molar-refractivity contribution in [1.29, 1.82) is 0 Å². The fraction of sp³-hybridized carbons (Fsp3) is 1.00. The number of rotatable bonds is 0. The summed E-state index contributed by atoms with van der Waals surface area (Å²) < 4.78 is 12.8. The highest BCUT2D eigenvalue weighted by Gasteiger charge is 2.46. The van der Waals surface area contributed by atoms with Gasteiger partial charge in [-0.15, -0.1) is 0 Å². The molecule has 0 saturated heterocycles. The standard InChI is InChI=1S/C6H10BrF/c1-4-5(7)3-6(4,2)8/h4-5H,3H2,1-2H3. The van der Waals surface area contributed by atoms with Crippen LogP contribution >= 0.6 is 15.9 Å². The van der Waals surface area contributed by atoms with E-state index in [1.165, 1.54) is 0 Å². The molecule has 0 aliphatic heterocycles. The van der Waals surface area contributed by atoms with E-state index in [9.17, 15) is 4.39 Å². The third kappa shape index (κ3) is 0.790. The molecule has 2 heteroatoms. The van der Waals surface area contributed by atoms with E-state index in [2.05, 4.69) is 15.9 Å². The zero-order valence-corrected chi connectivity index (χ0v) is 6.70. The van der Waals surface area contributed by atoms with E-state index in [0.29, 0.717) is 11.2 Å². The molecule has 0 nitrogen and oxygen atoms in total. The van der Waals surface area contributed by atoms with Crippen molar-refractivity contribution in [1.82, 2.24) is 0 Å². The molecule has 1 fully saturated rings. The van der Waals surface area contributed by atoms with E-state index < -0.39 is 5.67 Å². The van der Waals surface area contributed by atoms with Gasteiger partial charge in [-0.1, -0.05) is 22.9 Å². The zero-order valence-electron chi connectivity index (χ0n) is 5.12. The average molecular weight is 181 g/mol. The van der Waals surface area contributed by atoms with Gasteiger partial charge in [0, 0.05) is 10.7 Å². The Kier molecular flexibility index (Phi) is 1.38. The summed E-state index contributed by atoms with van der Waals surface area (Å²) in [5.41, 5.74) is -0.895. The highest BCUT2D eigenvalue weighted by Crippen LogP contribution is 2.45. The number of hydrogen-bond acceptors (Lipinski definition) is 0. The van der Waals surface area contributed by atoms with Crippen LogP contribution in [0.25, 0.3) is 0 Å². The molecule has 0 N–H and O–H groups in total. The van der Waals surface area contributed by atoms with E-state index >= 15 is 0 Å². The minimum Gasteiger partial charge on any atom is -0.244 e. The highest BCUT2D eigenvalue weighted by molar-refractivity contribution is 9.09. The molecule has 1 aliphatic rings. The summed E-state index contributed by atoms with van der Waals surface area (Å²) in [6.07, 6.45) is 0.675. The van der Waals surface area contributed by atoms with Gasteiger partial charge in [-0.2, -0.15) is 0 Å². The second-order valence-corrected chi connectivity index (χ2v) is 3.96. The summed E-state index contributed by atoms with van der Waals surface area (Å²) in [4.78, 5) is 0.414. The number of hydrogen-bond donors (Lipinski definition) is 0. The van der Waals surface area contributed by atoms with Crippen LogP contribution in [0.15, 0.2) is 0 Å².